The van der Waals surface area contributed by atoms with E-state index in [0.29, 0.717) is 18.4 Å². The van der Waals surface area contributed by atoms with E-state index in [0.717, 1.165) is 12.5 Å². The van der Waals surface area contributed by atoms with E-state index in [9.17, 15) is 27.1 Å². The molecule has 2 aromatic carbocycles. The average Bonchev–Trinajstić information content (AvgIpc) is 3.52. The van der Waals surface area contributed by atoms with Crippen molar-refractivity contribution in [1.82, 2.24) is 19.9 Å². The fourth-order valence-electron chi connectivity index (χ4n) is 7.53. The molecule has 4 aliphatic rings. The molecule has 6 heterocycles. The minimum atomic E-state index is -4.70. The predicted molar refractivity (Wildman–Crippen MR) is 161 cm³/mol. The van der Waals surface area contributed by atoms with Gasteiger partial charge in [-0.25, -0.2) is 18.2 Å². The van der Waals surface area contributed by atoms with Crippen LogP contribution < -0.4 is 14.4 Å². The van der Waals surface area contributed by atoms with Crippen molar-refractivity contribution in [2.45, 2.75) is 49.3 Å². The molecule has 250 valence electrons. The lowest BCUT2D eigenvalue weighted by atomic mass is 9.95. The normalized spacial score (nSPS) is 25.4. The summed E-state index contributed by atoms with van der Waals surface area (Å²) in [6.45, 7) is -0.344. The number of fused-ring (bicyclic) bond motifs is 4. The van der Waals surface area contributed by atoms with Gasteiger partial charge in [0, 0.05) is 23.9 Å². The largest absolute Gasteiger partial charge is 0.508 e. The van der Waals surface area contributed by atoms with Crippen LogP contribution in [0.5, 0.6) is 17.6 Å². The maximum Gasteiger partial charge on any atom is 0.416 e. The van der Waals surface area contributed by atoms with Crippen LogP contribution in [0.15, 0.2) is 24.3 Å². The van der Waals surface area contributed by atoms with E-state index in [1.54, 1.807) is 0 Å². The second-order valence-electron chi connectivity index (χ2n) is 12.6. The first-order valence-corrected chi connectivity index (χ1v) is 15.4. The van der Waals surface area contributed by atoms with E-state index in [2.05, 4.69) is 20.9 Å². The van der Waals surface area contributed by atoms with E-state index in [-0.39, 0.29) is 78.1 Å². The second-order valence-corrected chi connectivity index (χ2v) is 12.6. The molecule has 0 aliphatic carbocycles. The van der Waals surface area contributed by atoms with Crippen molar-refractivity contribution in [2.24, 2.45) is 0 Å². The quantitative estimate of drug-likeness (QED) is 0.230. The van der Waals surface area contributed by atoms with E-state index >= 15 is 4.39 Å². The fourth-order valence-corrected chi connectivity index (χ4v) is 7.53. The van der Waals surface area contributed by atoms with Gasteiger partial charge in [-0.3, -0.25) is 4.90 Å². The van der Waals surface area contributed by atoms with Crippen LogP contribution in [0.2, 0.25) is 0 Å². The molecule has 3 fully saturated rings. The number of anilines is 1. The zero-order valence-electron chi connectivity index (χ0n) is 25.2. The van der Waals surface area contributed by atoms with Crippen molar-refractivity contribution < 1.29 is 45.7 Å². The number of alkyl halides is 4. The van der Waals surface area contributed by atoms with Gasteiger partial charge in [-0.15, -0.1) is 6.42 Å². The Morgan fingerprint density at radius 2 is 1.94 bits per heavy atom. The summed E-state index contributed by atoms with van der Waals surface area (Å²) in [5, 5.41) is 10.9. The van der Waals surface area contributed by atoms with Crippen LogP contribution in [-0.2, 0) is 4.74 Å². The summed E-state index contributed by atoms with van der Waals surface area (Å²) in [4.78, 5) is 16.6. The molecule has 8 rings (SSSR count). The smallest absolute Gasteiger partial charge is 0.416 e. The lowest BCUT2D eigenvalue weighted by Gasteiger charge is -2.39. The number of benzene rings is 2. The SMILES string of the molecule is C#Cc1c(F)ccc2cc(O)cc(-c3nc4c5c(nc(OC[C@@]67CCCN6C[C@H](F)C7)nc5c3F)N3C[C@H](C(F)(F)F)OC[C@H]3CO4)c12. The monoisotopic (exact) mass is 671 g/mol. The van der Waals surface area contributed by atoms with Gasteiger partial charge in [0.25, 0.3) is 0 Å². The molecule has 4 atom stereocenters. The summed E-state index contributed by atoms with van der Waals surface area (Å²) in [6, 6.07) is 3.89. The lowest BCUT2D eigenvalue weighted by molar-refractivity contribution is -0.225. The molecule has 4 aromatic rings. The van der Waals surface area contributed by atoms with Gasteiger partial charge in [-0.1, -0.05) is 12.0 Å². The zero-order valence-corrected chi connectivity index (χ0v) is 25.2. The second kappa shape index (κ2) is 11.0. The standard InChI is InChI=1S/C33H27F6N5O4/c1-2-20-22(35)5-4-16-8-19(45)9-21(24(16)20)27-26(36)28-25-29(42-31(41-28)48-15-32-6-3-7-43(32)11-17(34)10-32)44-12-23(33(37,38)39)46-13-18(44)14-47-30(25)40-27/h1,4-5,8-9,17-18,23,45H,3,6-7,10-15H2/t17-,18+,23-,32+/m1/s1. The fraction of sp³-hybridized carbons (Fsp3) is 0.424. The van der Waals surface area contributed by atoms with Crippen molar-refractivity contribution in [3.8, 4) is 41.2 Å². The number of halogens is 6. The topological polar surface area (TPSA) is 93.1 Å². The first kappa shape index (κ1) is 30.8. The van der Waals surface area contributed by atoms with Crippen LogP contribution >= 0.6 is 0 Å². The maximum atomic E-state index is 16.9. The van der Waals surface area contributed by atoms with Crippen LogP contribution in [0.1, 0.15) is 24.8 Å². The molecule has 0 saturated carbocycles. The highest BCUT2D eigenvalue weighted by Gasteiger charge is 2.50. The highest BCUT2D eigenvalue weighted by Crippen LogP contribution is 2.45. The Labute approximate surface area is 269 Å². The van der Waals surface area contributed by atoms with Gasteiger partial charge in [-0.05, 0) is 43.0 Å². The third-order valence-corrected chi connectivity index (χ3v) is 9.74. The molecule has 0 unspecified atom stereocenters. The minimum absolute atomic E-state index is 0.0268. The Kier molecular flexibility index (Phi) is 7.05. The number of pyridine rings is 1. The summed E-state index contributed by atoms with van der Waals surface area (Å²) in [5.74, 6) is -0.131. The van der Waals surface area contributed by atoms with Gasteiger partial charge in [0.05, 0.1) is 30.3 Å². The first-order chi connectivity index (χ1) is 23.0. The van der Waals surface area contributed by atoms with Crippen molar-refractivity contribution in [2.75, 3.05) is 44.4 Å². The predicted octanol–water partition coefficient (Wildman–Crippen LogP) is 5.29. The van der Waals surface area contributed by atoms with Crippen molar-refractivity contribution in [1.29, 1.82) is 0 Å². The van der Waals surface area contributed by atoms with Crippen LogP contribution in [0.3, 0.4) is 0 Å². The number of aromatic nitrogens is 3. The number of nitrogens with zero attached hydrogens (tertiary/aromatic N) is 5. The van der Waals surface area contributed by atoms with Gasteiger partial charge < -0.3 is 24.2 Å². The van der Waals surface area contributed by atoms with Crippen LogP contribution in [0, 0.1) is 24.0 Å². The number of phenolic OH excluding ortho intramolecular Hbond substituents is 1. The molecular weight excluding hydrogens is 644 g/mol. The first-order valence-electron chi connectivity index (χ1n) is 15.4. The molecule has 2 aromatic heterocycles. The Morgan fingerprint density at radius 3 is 2.73 bits per heavy atom. The Hall–Kier alpha value is -4.55. The molecule has 48 heavy (non-hydrogen) atoms. The van der Waals surface area contributed by atoms with Crippen LogP contribution in [0.4, 0.5) is 32.2 Å². The highest BCUT2D eigenvalue weighted by molar-refractivity contribution is 6.04. The van der Waals surface area contributed by atoms with Gasteiger partial charge in [0.15, 0.2) is 11.9 Å². The molecule has 9 nitrogen and oxygen atoms in total. The molecule has 4 aliphatic heterocycles. The molecule has 1 N–H and O–H groups in total. The summed E-state index contributed by atoms with van der Waals surface area (Å²) >= 11 is 0. The minimum Gasteiger partial charge on any atom is -0.508 e. The van der Waals surface area contributed by atoms with Crippen LogP contribution in [-0.4, -0.2) is 94.4 Å². The third kappa shape index (κ3) is 4.83. The molecule has 0 amide bonds. The van der Waals surface area contributed by atoms with E-state index < -0.39 is 59.4 Å². The summed E-state index contributed by atoms with van der Waals surface area (Å²) in [5.41, 5.74) is -1.68. The third-order valence-electron chi connectivity index (χ3n) is 9.74. The Balaban J connectivity index is 1.33. The summed E-state index contributed by atoms with van der Waals surface area (Å²) in [7, 11) is 0. The average molecular weight is 672 g/mol. The number of terminal acetylenes is 1. The number of ether oxygens (including phenoxy) is 3. The molecule has 0 radical (unpaired) electrons. The van der Waals surface area contributed by atoms with Gasteiger partial charge >= 0.3 is 12.2 Å². The summed E-state index contributed by atoms with van der Waals surface area (Å²) < 4.78 is 105. The van der Waals surface area contributed by atoms with Gasteiger partial charge in [0.2, 0.25) is 5.88 Å². The maximum absolute atomic E-state index is 16.9. The van der Waals surface area contributed by atoms with Gasteiger partial charge in [-0.2, -0.15) is 23.1 Å². The zero-order chi connectivity index (χ0) is 33.5. The number of aromatic hydroxyl groups is 1. The molecule has 3 saturated heterocycles. The Morgan fingerprint density at radius 1 is 1.10 bits per heavy atom. The number of morpholine rings is 1. The van der Waals surface area contributed by atoms with Gasteiger partial charge in [0.1, 0.15) is 53.4 Å². The number of hydrogen-bond acceptors (Lipinski definition) is 9. The number of rotatable bonds is 4. The van der Waals surface area contributed by atoms with Crippen molar-refractivity contribution >= 4 is 27.5 Å². The lowest BCUT2D eigenvalue weighted by Crippen LogP contribution is -2.56. The number of hydrogen-bond donors (Lipinski definition) is 1. The Bertz CT molecular complexity index is 2020. The van der Waals surface area contributed by atoms with E-state index in [1.165, 1.54) is 23.1 Å². The van der Waals surface area contributed by atoms with E-state index in [1.807, 2.05) is 4.90 Å². The van der Waals surface area contributed by atoms with Crippen LogP contribution in [0.25, 0.3) is 32.9 Å². The number of phenols is 1. The summed E-state index contributed by atoms with van der Waals surface area (Å²) in [6.07, 6.45) is -0.554. The molecular formula is C33H27F6N5O4. The van der Waals surface area contributed by atoms with Crippen molar-refractivity contribution in [3.05, 3.63) is 41.5 Å². The molecule has 15 heteroatoms. The highest BCUT2D eigenvalue weighted by atomic mass is 19.4. The van der Waals surface area contributed by atoms with E-state index in [4.69, 9.17) is 20.6 Å². The molecule has 0 bridgehead atoms. The van der Waals surface area contributed by atoms with Crippen molar-refractivity contribution in [3.63, 3.8) is 0 Å². The molecule has 0 spiro atoms.